The molecule has 0 aromatic rings. The van der Waals surface area contributed by atoms with Crippen molar-refractivity contribution in [3.8, 4) is 0 Å². The standard InChI is InChI=1S/C6H9O2/c1-2-6(3-4-6)8-5-7/h2-4H2,1H3. The molecule has 45 valence electrons. The molecule has 0 aromatic carbocycles. The van der Waals surface area contributed by atoms with Crippen molar-refractivity contribution < 1.29 is 9.53 Å². The lowest BCUT2D eigenvalue weighted by atomic mass is 10.3. The van der Waals surface area contributed by atoms with Crippen LogP contribution < -0.4 is 0 Å². The van der Waals surface area contributed by atoms with E-state index in [1.165, 1.54) is 6.47 Å². The Kier molecular flexibility index (Phi) is 1.24. The van der Waals surface area contributed by atoms with Crippen LogP contribution in [-0.4, -0.2) is 12.1 Å². The fourth-order valence-electron chi connectivity index (χ4n) is 0.756. The van der Waals surface area contributed by atoms with Gasteiger partial charge in [0.05, 0.1) is 0 Å². The molecule has 1 saturated carbocycles. The third-order valence-corrected chi connectivity index (χ3v) is 1.71. The maximum atomic E-state index is 9.67. The van der Waals surface area contributed by atoms with E-state index in [0.29, 0.717) is 0 Å². The Balaban J connectivity index is 2.29. The first-order valence-corrected chi connectivity index (χ1v) is 2.88. The summed E-state index contributed by atoms with van der Waals surface area (Å²) in [7, 11) is 0. The maximum Gasteiger partial charge on any atom is 0.418 e. The van der Waals surface area contributed by atoms with Gasteiger partial charge in [0.2, 0.25) is 0 Å². The Bertz CT molecular complexity index is 94.7. The van der Waals surface area contributed by atoms with Crippen molar-refractivity contribution in [2.75, 3.05) is 0 Å². The van der Waals surface area contributed by atoms with Gasteiger partial charge in [0, 0.05) is 0 Å². The molecule has 1 rings (SSSR count). The summed E-state index contributed by atoms with van der Waals surface area (Å²) >= 11 is 0. The van der Waals surface area contributed by atoms with E-state index in [1.54, 1.807) is 0 Å². The third kappa shape index (κ3) is 0.831. The molecule has 0 heterocycles. The second-order valence-electron chi connectivity index (χ2n) is 2.22. The molecule has 0 aromatic heterocycles. The Labute approximate surface area is 48.8 Å². The van der Waals surface area contributed by atoms with Crippen molar-refractivity contribution in [1.82, 2.24) is 0 Å². The van der Waals surface area contributed by atoms with Gasteiger partial charge in [-0.05, 0) is 19.3 Å². The lowest BCUT2D eigenvalue weighted by Gasteiger charge is -2.06. The second kappa shape index (κ2) is 1.77. The van der Waals surface area contributed by atoms with Crippen molar-refractivity contribution in [2.45, 2.75) is 31.8 Å². The number of carbonyl (C=O) groups excluding carboxylic acids is 1. The van der Waals surface area contributed by atoms with Gasteiger partial charge in [0.25, 0.3) is 0 Å². The zero-order valence-electron chi connectivity index (χ0n) is 4.94. The zero-order valence-corrected chi connectivity index (χ0v) is 4.94. The van der Waals surface area contributed by atoms with Crippen LogP contribution in [0.4, 0.5) is 0 Å². The molecule has 0 amide bonds. The SMILES string of the molecule is CCC1(O[C]=O)CC1. The Hall–Kier alpha value is -0.530. The number of hydrogen-bond donors (Lipinski definition) is 0. The summed E-state index contributed by atoms with van der Waals surface area (Å²) in [5.74, 6) is 0. The van der Waals surface area contributed by atoms with Crippen molar-refractivity contribution in [2.24, 2.45) is 0 Å². The molecule has 1 aliphatic carbocycles. The molecule has 1 aliphatic rings. The molecule has 0 atom stereocenters. The van der Waals surface area contributed by atoms with E-state index < -0.39 is 0 Å². The minimum Gasteiger partial charge on any atom is -0.451 e. The minimum atomic E-state index is -0.0816. The Morgan fingerprint density at radius 3 is 2.50 bits per heavy atom. The van der Waals surface area contributed by atoms with Crippen molar-refractivity contribution >= 4 is 6.47 Å². The summed E-state index contributed by atoms with van der Waals surface area (Å²) in [4.78, 5) is 9.67. The summed E-state index contributed by atoms with van der Waals surface area (Å²) < 4.78 is 4.68. The van der Waals surface area contributed by atoms with Gasteiger partial charge in [-0.2, -0.15) is 0 Å². The van der Waals surface area contributed by atoms with Gasteiger partial charge in [-0.1, -0.05) is 6.92 Å². The highest BCUT2D eigenvalue weighted by Crippen LogP contribution is 2.41. The van der Waals surface area contributed by atoms with E-state index in [1.807, 2.05) is 6.92 Å². The lowest BCUT2D eigenvalue weighted by molar-refractivity contribution is 0.150. The molecule has 8 heavy (non-hydrogen) atoms. The van der Waals surface area contributed by atoms with Crippen LogP contribution in [0.3, 0.4) is 0 Å². The molecule has 2 nitrogen and oxygen atoms in total. The number of rotatable bonds is 3. The molecule has 2 heteroatoms. The fraction of sp³-hybridized carbons (Fsp3) is 0.833. The van der Waals surface area contributed by atoms with E-state index in [-0.39, 0.29) is 5.60 Å². The Morgan fingerprint density at radius 2 is 2.38 bits per heavy atom. The molecule has 0 aliphatic heterocycles. The molecule has 0 saturated heterocycles. The average molecular weight is 113 g/mol. The molecule has 1 radical (unpaired) electrons. The molecule has 0 unspecified atom stereocenters. The monoisotopic (exact) mass is 113 g/mol. The molecule has 1 fully saturated rings. The van der Waals surface area contributed by atoms with E-state index in [0.717, 1.165) is 19.3 Å². The highest BCUT2D eigenvalue weighted by Gasteiger charge is 2.43. The smallest absolute Gasteiger partial charge is 0.418 e. The van der Waals surface area contributed by atoms with Gasteiger partial charge in [0.1, 0.15) is 5.60 Å². The summed E-state index contributed by atoms with van der Waals surface area (Å²) in [6, 6.07) is 0. The van der Waals surface area contributed by atoms with Crippen LogP contribution in [0.25, 0.3) is 0 Å². The fourth-order valence-corrected chi connectivity index (χ4v) is 0.756. The molecular formula is C6H9O2. The number of hydrogen-bond acceptors (Lipinski definition) is 2. The largest absolute Gasteiger partial charge is 0.451 e. The highest BCUT2D eigenvalue weighted by atomic mass is 16.5. The van der Waals surface area contributed by atoms with Crippen molar-refractivity contribution in [3.63, 3.8) is 0 Å². The van der Waals surface area contributed by atoms with E-state index in [4.69, 9.17) is 0 Å². The van der Waals surface area contributed by atoms with Crippen LogP contribution in [0.15, 0.2) is 0 Å². The molecule has 0 N–H and O–H groups in total. The minimum absolute atomic E-state index is 0.0816. The van der Waals surface area contributed by atoms with Crippen LogP contribution >= 0.6 is 0 Å². The first kappa shape index (κ1) is 5.60. The van der Waals surface area contributed by atoms with Crippen molar-refractivity contribution in [3.05, 3.63) is 0 Å². The normalized spacial score (nSPS) is 22.1. The highest BCUT2D eigenvalue weighted by molar-refractivity contribution is 5.40. The summed E-state index contributed by atoms with van der Waals surface area (Å²) in [5.41, 5.74) is -0.0816. The zero-order chi connectivity index (χ0) is 6.04. The first-order chi connectivity index (χ1) is 3.83. The van der Waals surface area contributed by atoms with E-state index in [9.17, 15) is 4.79 Å². The maximum absolute atomic E-state index is 9.67. The second-order valence-corrected chi connectivity index (χ2v) is 2.22. The van der Waals surface area contributed by atoms with Gasteiger partial charge in [-0.3, -0.25) is 0 Å². The first-order valence-electron chi connectivity index (χ1n) is 2.88. The van der Waals surface area contributed by atoms with Gasteiger partial charge >= 0.3 is 6.47 Å². The number of ether oxygens (including phenoxy) is 1. The van der Waals surface area contributed by atoms with Gasteiger partial charge in [0.15, 0.2) is 0 Å². The van der Waals surface area contributed by atoms with E-state index >= 15 is 0 Å². The van der Waals surface area contributed by atoms with Crippen molar-refractivity contribution in [1.29, 1.82) is 0 Å². The van der Waals surface area contributed by atoms with Crippen LogP contribution in [0.2, 0.25) is 0 Å². The summed E-state index contributed by atoms with van der Waals surface area (Å²) in [5, 5.41) is 0. The summed E-state index contributed by atoms with van der Waals surface area (Å²) in [6.45, 7) is 3.49. The quantitative estimate of drug-likeness (QED) is 0.546. The topological polar surface area (TPSA) is 26.3 Å². The lowest BCUT2D eigenvalue weighted by Crippen LogP contribution is -2.10. The van der Waals surface area contributed by atoms with Crippen LogP contribution in [0, 0.1) is 0 Å². The van der Waals surface area contributed by atoms with Crippen LogP contribution in [-0.2, 0) is 9.53 Å². The average Bonchev–Trinajstić information content (AvgIpc) is 2.50. The van der Waals surface area contributed by atoms with Gasteiger partial charge in [-0.25, -0.2) is 4.79 Å². The van der Waals surface area contributed by atoms with Gasteiger partial charge in [-0.15, -0.1) is 0 Å². The molecular weight excluding hydrogens is 104 g/mol. The summed E-state index contributed by atoms with van der Waals surface area (Å²) in [6.07, 6.45) is 2.99. The van der Waals surface area contributed by atoms with Crippen LogP contribution in [0.5, 0.6) is 0 Å². The van der Waals surface area contributed by atoms with Gasteiger partial charge < -0.3 is 4.74 Å². The predicted octanol–water partition coefficient (Wildman–Crippen LogP) is 1.01. The molecule has 0 bridgehead atoms. The Morgan fingerprint density at radius 1 is 1.75 bits per heavy atom. The van der Waals surface area contributed by atoms with Crippen LogP contribution in [0.1, 0.15) is 26.2 Å². The predicted molar refractivity (Wildman–Crippen MR) is 29.0 cm³/mol. The molecule has 0 spiro atoms. The third-order valence-electron chi connectivity index (χ3n) is 1.71. The van der Waals surface area contributed by atoms with E-state index in [2.05, 4.69) is 4.74 Å².